The SMILES string of the molecule is CCN1C(C)=C(C(C)C)C(C)CC1(C)C. The van der Waals surface area contributed by atoms with Crippen molar-refractivity contribution in [3.05, 3.63) is 11.3 Å². The molecule has 1 heterocycles. The third-order valence-corrected chi connectivity index (χ3v) is 3.83. The van der Waals surface area contributed by atoms with Gasteiger partial charge in [0.25, 0.3) is 0 Å². The molecule has 0 amide bonds. The van der Waals surface area contributed by atoms with E-state index in [2.05, 4.69) is 53.4 Å². The molecule has 0 fully saturated rings. The Kier molecular flexibility index (Phi) is 3.52. The maximum absolute atomic E-state index is 2.57. The highest BCUT2D eigenvalue weighted by atomic mass is 15.2. The first-order valence-electron chi connectivity index (χ1n) is 6.29. The van der Waals surface area contributed by atoms with Gasteiger partial charge in [-0.1, -0.05) is 20.8 Å². The molecule has 0 N–H and O–H groups in total. The molecule has 0 bridgehead atoms. The van der Waals surface area contributed by atoms with Crippen LogP contribution >= 0.6 is 0 Å². The third-order valence-electron chi connectivity index (χ3n) is 3.83. The normalized spacial score (nSPS) is 26.4. The Hall–Kier alpha value is -0.460. The van der Waals surface area contributed by atoms with Gasteiger partial charge < -0.3 is 4.90 Å². The zero-order valence-corrected chi connectivity index (χ0v) is 11.5. The zero-order valence-electron chi connectivity index (χ0n) is 11.5. The summed E-state index contributed by atoms with van der Waals surface area (Å²) in [6.45, 7) is 17.5. The Morgan fingerprint density at radius 1 is 1.40 bits per heavy atom. The molecule has 0 aromatic heterocycles. The number of nitrogens with zero attached hydrogens (tertiary/aromatic N) is 1. The van der Waals surface area contributed by atoms with Crippen molar-refractivity contribution >= 4 is 0 Å². The predicted molar refractivity (Wildman–Crippen MR) is 67.8 cm³/mol. The minimum atomic E-state index is 0.330. The predicted octanol–water partition coefficient (Wildman–Crippen LogP) is 4.06. The highest BCUT2D eigenvalue weighted by Gasteiger charge is 2.35. The third kappa shape index (κ3) is 2.21. The van der Waals surface area contributed by atoms with Gasteiger partial charge in [-0.25, -0.2) is 0 Å². The molecule has 1 aliphatic heterocycles. The van der Waals surface area contributed by atoms with Crippen molar-refractivity contribution in [3.8, 4) is 0 Å². The van der Waals surface area contributed by atoms with Crippen LogP contribution in [0.1, 0.15) is 54.9 Å². The summed E-state index contributed by atoms with van der Waals surface area (Å²) in [5.74, 6) is 1.42. The van der Waals surface area contributed by atoms with Gasteiger partial charge in [-0.05, 0) is 51.5 Å². The maximum atomic E-state index is 2.57. The molecule has 15 heavy (non-hydrogen) atoms. The standard InChI is InChI=1S/C14H27N/c1-8-15-12(5)13(10(2)3)11(4)9-14(15,6)7/h10-11H,8-9H2,1-7H3. The van der Waals surface area contributed by atoms with E-state index in [9.17, 15) is 0 Å². The van der Waals surface area contributed by atoms with Gasteiger partial charge >= 0.3 is 0 Å². The van der Waals surface area contributed by atoms with Gasteiger partial charge in [0.1, 0.15) is 0 Å². The van der Waals surface area contributed by atoms with E-state index in [-0.39, 0.29) is 0 Å². The molecular formula is C14H27N. The van der Waals surface area contributed by atoms with Crippen molar-refractivity contribution in [2.75, 3.05) is 6.54 Å². The summed E-state index contributed by atoms with van der Waals surface area (Å²) in [6, 6.07) is 0. The first-order valence-corrected chi connectivity index (χ1v) is 6.29. The van der Waals surface area contributed by atoms with Crippen LogP contribution in [0.25, 0.3) is 0 Å². The number of allylic oxidation sites excluding steroid dienone is 2. The summed E-state index contributed by atoms with van der Waals surface area (Å²) in [6.07, 6.45) is 1.28. The quantitative estimate of drug-likeness (QED) is 0.663. The van der Waals surface area contributed by atoms with Gasteiger partial charge in [0, 0.05) is 17.8 Å². The fraction of sp³-hybridized carbons (Fsp3) is 0.857. The van der Waals surface area contributed by atoms with Crippen LogP contribution in [0.4, 0.5) is 0 Å². The molecular weight excluding hydrogens is 182 g/mol. The van der Waals surface area contributed by atoms with Crippen LogP contribution in [0.5, 0.6) is 0 Å². The van der Waals surface area contributed by atoms with Crippen LogP contribution in [0.2, 0.25) is 0 Å². The second-order valence-corrected chi connectivity index (χ2v) is 5.86. The lowest BCUT2D eigenvalue weighted by molar-refractivity contribution is 0.121. The monoisotopic (exact) mass is 209 g/mol. The summed E-state index contributed by atoms with van der Waals surface area (Å²) in [5.41, 5.74) is 3.52. The Bertz CT molecular complexity index is 261. The van der Waals surface area contributed by atoms with Crippen LogP contribution in [-0.2, 0) is 0 Å². The molecule has 1 atom stereocenters. The molecule has 0 spiro atoms. The van der Waals surface area contributed by atoms with Gasteiger partial charge in [0.15, 0.2) is 0 Å². The minimum absolute atomic E-state index is 0.330. The Balaban J connectivity index is 3.15. The second kappa shape index (κ2) is 4.19. The van der Waals surface area contributed by atoms with Crippen molar-refractivity contribution in [3.63, 3.8) is 0 Å². The molecule has 0 saturated carbocycles. The lowest BCUT2D eigenvalue weighted by Gasteiger charge is -2.48. The molecule has 0 aromatic carbocycles. The number of hydrogen-bond acceptors (Lipinski definition) is 1. The Morgan fingerprint density at radius 2 is 1.93 bits per heavy atom. The molecule has 88 valence electrons. The van der Waals surface area contributed by atoms with E-state index in [0.29, 0.717) is 11.5 Å². The molecule has 0 aromatic rings. The molecule has 0 saturated heterocycles. The first-order chi connectivity index (χ1) is 6.81. The number of hydrogen-bond donors (Lipinski definition) is 0. The van der Waals surface area contributed by atoms with E-state index < -0.39 is 0 Å². The molecule has 1 heteroatoms. The molecule has 0 radical (unpaired) electrons. The zero-order chi connectivity index (χ0) is 11.8. The van der Waals surface area contributed by atoms with Gasteiger partial charge in [0.05, 0.1) is 0 Å². The van der Waals surface area contributed by atoms with E-state index >= 15 is 0 Å². The van der Waals surface area contributed by atoms with Crippen LogP contribution in [-0.4, -0.2) is 17.0 Å². The van der Waals surface area contributed by atoms with Gasteiger partial charge in [-0.2, -0.15) is 0 Å². The highest BCUT2D eigenvalue weighted by molar-refractivity contribution is 5.22. The van der Waals surface area contributed by atoms with E-state index in [4.69, 9.17) is 0 Å². The van der Waals surface area contributed by atoms with Crippen LogP contribution in [0.15, 0.2) is 11.3 Å². The van der Waals surface area contributed by atoms with Crippen molar-refractivity contribution in [2.45, 2.75) is 60.4 Å². The van der Waals surface area contributed by atoms with Crippen LogP contribution in [0.3, 0.4) is 0 Å². The van der Waals surface area contributed by atoms with Gasteiger partial charge in [-0.3, -0.25) is 0 Å². The number of rotatable bonds is 2. The fourth-order valence-corrected chi connectivity index (χ4v) is 3.59. The smallest absolute Gasteiger partial charge is 0.0348 e. The Morgan fingerprint density at radius 3 is 2.33 bits per heavy atom. The maximum Gasteiger partial charge on any atom is 0.0348 e. The van der Waals surface area contributed by atoms with Crippen molar-refractivity contribution in [1.82, 2.24) is 4.90 Å². The average Bonchev–Trinajstić information content (AvgIpc) is 2.00. The Labute approximate surface area is 95.5 Å². The topological polar surface area (TPSA) is 3.24 Å². The largest absolute Gasteiger partial charge is 0.370 e. The van der Waals surface area contributed by atoms with Crippen molar-refractivity contribution in [2.24, 2.45) is 11.8 Å². The fourth-order valence-electron chi connectivity index (χ4n) is 3.59. The lowest BCUT2D eigenvalue weighted by atomic mass is 9.76. The summed E-state index contributed by atoms with van der Waals surface area (Å²) in [4.78, 5) is 2.57. The molecule has 0 aliphatic carbocycles. The minimum Gasteiger partial charge on any atom is -0.370 e. The summed E-state index contributed by atoms with van der Waals surface area (Å²) in [5, 5.41) is 0. The second-order valence-electron chi connectivity index (χ2n) is 5.86. The molecule has 1 nitrogen and oxygen atoms in total. The van der Waals surface area contributed by atoms with Crippen molar-refractivity contribution in [1.29, 1.82) is 0 Å². The average molecular weight is 209 g/mol. The van der Waals surface area contributed by atoms with Crippen LogP contribution < -0.4 is 0 Å². The molecule has 1 unspecified atom stereocenters. The van der Waals surface area contributed by atoms with E-state index in [1.54, 1.807) is 5.57 Å². The van der Waals surface area contributed by atoms with Crippen LogP contribution in [0, 0.1) is 11.8 Å². The first kappa shape index (κ1) is 12.6. The van der Waals surface area contributed by atoms with Gasteiger partial charge in [0.2, 0.25) is 0 Å². The summed E-state index contributed by atoms with van der Waals surface area (Å²) < 4.78 is 0. The van der Waals surface area contributed by atoms with E-state index in [0.717, 1.165) is 12.5 Å². The molecule has 1 rings (SSSR count). The van der Waals surface area contributed by atoms with Crippen molar-refractivity contribution < 1.29 is 0 Å². The molecule has 1 aliphatic rings. The summed E-state index contributed by atoms with van der Waals surface area (Å²) in [7, 11) is 0. The summed E-state index contributed by atoms with van der Waals surface area (Å²) >= 11 is 0. The highest BCUT2D eigenvalue weighted by Crippen LogP contribution is 2.40. The van der Waals surface area contributed by atoms with E-state index in [1.807, 2.05) is 0 Å². The lowest BCUT2D eigenvalue weighted by Crippen LogP contribution is -2.48. The van der Waals surface area contributed by atoms with Gasteiger partial charge in [-0.15, -0.1) is 0 Å². The van der Waals surface area contributed by atoms with E-state index in [1.165, 1.54) is 12.1 Å².